The highest BCUT2D eigenvalue weighted by molar-refractivity contribution is 5.86. The van der Waals surface area contributed by atoms with E-state index in [0.717, 1.165) is 0 Å². The molecule has 1 N–H and O–H groups in total. The third-order valence-electron chi connectivity index (χ3n) is 1.59. The molecule has 0 radical (unpaired) electrons. The molecular formula is C7H11NO4. The minimum absolute atomic E-state index is 0.0116. The van der Waals surface area contributed by atoms with Gasteiger partial charge in [0.25, 0.3) is 0 Å². The van der Waals surface area contributed by atoms with E-state index in [1.807, 2.05) is 0 Å². The van der Waals surface area contributed by atoms with Crippen molar-refractivity contribution in [2.75, 3.05) is 20.3 Å². The fourth-order valence-corrected chi connectivity index (χ4v) is 0.951. The second kappa shape index (κ2) is 4.06. The van der Waals surface area contributed by atoms with E-state index in [4.69, 9.17) is 4.74 Å². The molecule has 0 saturated carbocycles. The molecule has 1 saturated heterocycles. The molecule has 1 unspecified atom stereocenters. The Hall–Kier alpha value is -1.10. The Bertz CT molecular complexity index is 192. The Morgan fingerprint density at radius 1 is 1.83 bits per heavy atom. The summed E-state index contributed by atoms with van der Waals surface area (Å²) < 4.78 is 9.45. The van der Waals surface area contributed by atoms with E-state index in [-0.39, 0.29) is 12.3 Å². The highest BCUT2D eigenvalue weighted by Crippen LogP contribution is 2.03. The third-order valence-corrected chi connectivity index (χ3v) is 1.59. The highest BCUT2D eigenvalue weighted by atomic mass is 16.5. The average molecular weight is 173 g/mol. The Labute approximate surface area is 70.0 Å². The van der Waals surface area contributed by atoms with Crippen LogP contribution < -0.4 is 5.32 Å². The van der Waals surface area contributed by atoms with Gasteiger partial charge >= 0.3 is 5.97 Å². The molecule has 1 aliphatic rings. The number of rotatable bonds is 2. The lowest BCUT2D eigenvalue weighted by Gasteiger charge is -2.21. The molecule has 5 heteroatoms. The maximum absolute atomic E-state index is 11.0. The van der Waals surface area contributed by atoms with Crippen molar-refractivity contribution in [3.63, 3.8) is 0 Å². The van der Waals surface area contributed by atoms with Gasteiger partial charge in [-0.05, 0) is 0 Å². The number of carbonyl (C=O) groups is 2. The highest BCUT2D eigenvalue weighted by Gasteiger charge is 2.25. The summed E-state index contributed by atoms with van der Waals surface area (Å²) in [5.41, 5.74) is 0. The quantitative estimate of drug-likeness (QED) is 0.547. The molecule has 5 nitrogen and oxygen atoms in total. The minimum atomic E-state index is -0.675. The third kappa shape index (κ3) is 2.20. The van der Waals surface area contributed by atoms with Crippen LogP contribution in [-0.2, 0) is 19.1 Å². The summed E-state index contributed by atoms with van der Waals surface area (Å²) in [6.07, 6.45) is -0.686. The predicted octanol–water partition coefficient (Wildman–Crippen LogP) is -0.935. The van der Waals surface area contributed by atoms with Crippen LogP contribution in [0.15, 0.2) is 0 Å². The van der Waals surface area contributed by atoms with E-state index in [0.29, 0.717) is 13.2 Å². The van der Waals surface area contributed by atoms with Crippen molar-refractivity contribution in [3.8, 4) is 0 Å². The Morgan fingerprint density at radius 2 is 2.58 bits per heavy atom. The molecule has 1 rings (SSSR count). The molecule has 1 amide bonds. The molecular weight excluding hydrogens is 162 g/mol. The van der Waals surface area contributed by atoms with Crippen molar-refractivity contribution in [1.29, 1.82) is 0 Å². The first kappa shape index (κ1) is 8.99. The van der Waals surface area contributed by atoms with Crippen molar-refractivity contribution in [2.24, 2.45) is 0 Å². The Kier molecular flexibility index (Phi) is 3.04. The van der Waals surface area contributed by atoms with Gasteiger partial charge in [-0.3, -0.25) is 9.59 Å². The van der Waals surface area contributed by atoms with Gasteiger partial charge in [0, 0.05) is 6.54 Å². The molecule has 1 atom stereocenters. The summed E-state index contributed by atoms with van der Waals surface area (Å²) in [5, 5.41) is 2.59. The second-order valence-electron chi connectivity index (χ2n) is 2.43. The van der Waals surface area contributed by atoms with E-state index in [2.05, 4.69) is 10.1 Å². The van der Waals surface area contributed by atoms with Crippen molar-refractivity contribution < 1.29 is 19.1 Å². The van der Waals surface area contributed by atoms with Gasteiger partial charge < -0.3 is 14.8 Å². The average Bonchev–Trinajstić information content (AvgIpc) is 2.09. The van der Waals surface area contributed by atoms with Gasteiger partial charge in [-0.25, -0.2) is 0 Å². The smallest absolute Gasteiger partial charge is 0.308 e. The Morgan fingerprint density at radius 3 is 3.17 bits per heavy atom. The second-order valence-corrected chi connectivity index (χ2v) is 2.43. The van der Waals surface area contributed by atoms with Crippen LogP contribution in [0.3, 0.4) is 0 Å². The lowest BCUT2D eigenvalue weighted by Crippen LogP contribution is -2.45. The van der Waals surface area contributed by atoms with Crippen LogP contribution in [0.25, 0.3) is 0 Å². The van der Waals surface area contributed by atoms with Gasteiger partial charge in [0.15, 0.2) is 0 Å². The van der Waals surface area contributed by atoms with Crippen LogP contribution in [0.4, 0.5) is 0 Å². The number of ether oxygens (including phenoxy) is 2. The van der Waals surface area contributed by atoms with E-state index < -0.39 is 12.1 Å². The van der Waals surface area contributed by atoms with Crippen molar-refractivity contribution in [3.05, 3.63) is 0 Å². The molecule has 1 heterocycles. The van der Waals surface area contributed by atoms with Crippen LogP contribution in [0.2, 0.25) is 0 Å². The van der Waals surface area contributed by atoms with E-state index in [9.17, 15) is 9.59 Å². The molecule has 68 valence electrons. The molecule has 1 aliphatic heterocycles. The van der Waals surface area contributed by atoms with Gasteiger partial charge in [0.1, 0.15) is 6.10 Å². The molecule has 0 bridgehead atoms. The van der Waals surface area contributed by atoms with Crippen molar-refractivity contribution >= 4 is 11.9 Å². The van der Waals surface area contributed by atoms with Crippen molar-refractivity contribution in [2.45, 2.75) is 12.5 Å². The first-order chi connectivity index (χ1) is 5.74. The van der Waals surface area contributed by atoms with Crippen LogP contribution in [0.5, 0.6) is 0 Å². The van der Waals surface area contributed by atoms with Gasteiger partial charge in [0.05, 0.1) is 20.1 Å². The summed E-state index contributed by atoms with van der Waals surface area (Å²) in [6.45, 7) is 0.962. The number of morpholine rings is 1. The lowest BCUT2D eigenvalue weighted by atomic mass is 10.2. The fourth-order valence-electron chi connectivity index (χ4n) is 0.951. The predicted molar refractivity (Wildman–Crippen MR) is 39.4 cm³/mol. The first-order valence-electron chi connectivity index (χ1n) is 3.70. The normalized spacial score (nSPS) is 23.1. The number of hydrogen-bond donors (Lipinski definition) is 1. The maximum atomic E-state index is 11.0. The number of methoxy groups -OCH3 is 1. The zero-order valence-electron chi connectivity index (χ0n) is 6.83. The number of amides is 1. The summed E-state index contributed by atoms with van der Waals surface area (Å²) in [4.78, 5) is 21.7. The first-order valence-corrected chi connectivity index (χ1v) is 3.70. The van der Waals surface area contributed by atoms with E-state index in [1.165, 1.54) is 7.11 Å². The van der Waals surface area contributed by atoms with Gasteiger partial charge in [-0.15, -0.1) is 0 Å². The summed E-state index contributed by atoms with van der Waals surface area (Å²) in [7, 11) is 1.28. The maximum Gasteiger partial charge on any atom is 0.308 e. The molecule has 0 aromatic carbocycles. The zero-order chi connectivity index (χ0) is 8.97. The number of nitrogens with one attached hydrogen (secondary N) is 1. The molecule has 1 fully saturated rings. The van der Waals surface area contributed by atoms with Crippen LogP contribution in [0, 0.1) is 0 Å². The summed E-state index contributed by atoms with van der Waals surface area (Å²) >= 11 is 0. The minimum Gasteiger partial charge on any atom is -0.469 e. The van der Waals surface area contributed by atoms with Crippen LogP contribution >= 0.6 is 0 Å². The van der Waals surface area contributed by atoms with Gasteiger partial charge in [-0.1, -0.05) is 0 Å². The number of esters is 1. The van der Waals surface area contributed by atoms with E-state index in [1.54, 1.807) is 0 Å². The van der Waals surface area contributed by atoms with Crippen LogP contribution in [0.1, 0.15) is 6.42 Å². The monoisotopic (exact) mass is 173 g/mol. The van der Waals surface area contributed by atoms with E-state index >= 15 is 0 Å². The topological polar surface area (TPSA) is 64.6 Å². The fraction of sp³-hybridized carbons (Fsp3) is 0.714. The number of hydrogen-bond acceptors (Lipinski definition) is 4. The molecule has 0 spiro atoms. The molecule has 12 heavy (non-hydrogen) atoms. The Balaban J connectivity index is 2.39. The molecule has 0 aromatic rings. The summed E-state index contributed by atoms with van der Waals surface area (Å²) in [5.74, 6) is -0.677. The SMILES string of the molecule is COC(=O)CC1OCCNC1=O. The number of carbonyl (C=O) groups excluding carboxylic acids is 2. The summed E-state index contributed by atoms with van der Waals surface area (Å²) in [6, 6.07) is 0. The van der Waals surface area contributed by atoms with Crippen molar-refractivity contribution in [1.82, 2.24) is 5.32 Å². The van der Waals surface area contributed by atoms with Crippen LogP contribution in [-0.4, -0.2) is 38.2 Å². The molecule has 0 aliphatic carbocycles. The van der Waals surface area contributed by atoms with Gasteiger partial charge in [-0.2, -0.15) is 0 Å². The molecule has 0 aromatic heterocycles. The van der Waals surface area contributed by atoms with Gasteiger partial charge in [0.2, 0.25) is 5.91 Å². The zero-order valence-corrected chi connectivity index (χ0v) is 6.83. The standard InChI is InChI=1S/C7H11NO4/c1-11-6(9)4-5-7(10)8-2-3-12-5/h5H,2-4H2,1H3,(H,8,10). The lowest BCUT2D eigenvalue weighted by molar-refractivity contribution is -0.151. The largest absolute Gasteiger partial charge is 0.469 e.